The lowest BCUT2D eigenvalue weighted by Gasteiger charge is -2.36. The number of hydrogen-bond donors (Lipinski definition) is 0. The predicted octanol–water partition coefficient (Wildman–Crippen LogP) is 4.72. The standard InChI is InChI=1S/C27H28N4O3/c32-25(12-11-24-28-27(29-34-24)26-22-9-3-1-8-21(22)18-33-26)31-17-19(16-30-13-5-6-14-30)15-20-7-2-4-10-23(20)31/h1-4,7-10,18-19H,5-6,11-17H2. The molecule has 0 bridgehead atoms. The van der Waals surface area contributed by atoms with Crippen molar-refractivity contribution >= 4 is 22.4 Å². The summed E-state index contributed by atoms with van der Waals surface area (Å²) in [7, 11) is 0. The number of carbonyl (C=O) groups excluding carboxylic acids is 1. The molecule has 0 spiro atoms. The summed E-state index contributed by atoms with van der Waals surface area (Å²) in [5, 5.41) is 6.03. The Labute approximate surface area is 198 Å². The molecule has 34 heavy (non-hydrogen) atoms. The van der Waals surface area contributed by atoms with Crippen LogP contribution in [0.5, 0.6) is 0 Å². The van der Waals surface area contributed by atoms with Gasteiger partial charge in [-0.1, -0.05) is 47.6 Å². The number of hydrogen-bond acceptors (Lipinski definition) is 6. The fourth-order valence-electron chi connectivity index (χ4n) is 5.33. The molecule has 7 heteroatoms. The van der Waals surface area contributed by atoms with E-state index in [-0.39, 0.29) is 5.91 Å². The van der Waals surface area contributed by atoms with Crippen molar-refractivity contribution in [2.45, 2.75) is 32.1 Å². The second kappa shape index (κ2) is 9.06. The van der Waals surface area contributed by atoms with Crippen molar-refractivity contribution in [2.24, 2.45) is 5.92 Å². The van der Waals surface area contributed by atoms with Gasteiger partial charge in [-0.05, 0) is 49.9 Å². The van der Waals surface area contributed by atoms with E-state index < -0.39 is 0 Å². The Hall–Kier alpha value is -3.45. The molecule has 2 aliphatic rings. The van der Waals surface area contributed by atoms with E-state index in [1.165, 1.54) is 31.5 Å². The number of amides is 1. The first-order chi connectivity index (χ1) is 16.7. The number of rotatable bonds is 6. The van der Waals surface area contributed by atoms with Crippen LogP contribution in [0, 0.1) is 5.92 Å². The summed E-state index contributed by atoms with van der Waals surface area (Å²) in [6.07, 6.45) is 6.01. The number of aryl methyl sites for hydroxylation is 1. The molecular weight excluding hydrogens is 428 g/mol. The first-order valence-corrected chi connectivity index (χ1v) is 12.1. The number of benzene rings is 2. The van der Waals surface area contributed by atoms with Crippen LogP contribution in [0.1, 0.15) is 30.7 Å². The highest BCUT2D eigenvalue weighted by Gasteiger charge is 2.30. The van der Waals surface area contributed by atoms with Crippen LogP contribution in [0.15, 0.2) is 63.7 Å². The Balaban J connectivity index is 1.15. The largest absolute Gasteiger partial charge is 0.460 e. The van der Waals surface area contributed by atoms with Crippen molar-refractivity contribution in [3.63, 3.8) is 0 Å². The second-order valence-corrected chi connectivity index (χ2v) is 9.37. The van der Waals surface area contributed by atoms with E-state index in [1.807, 2.05) is 35.2 Å². The SMILES string of the molecule is O=C(CCc1nc(-c2occ3ccccc23)no1)N1CC(CN2CCCC2)Cc2ccccc21. The Bertz CT molecular complexity index is 1300. The van der Waals surface area contributed by atoms with E-state index >= 15 is 0 Å². The predicted molar refractivity (Wildman–Crippen MR) is 129 cm³/mol. The topological polar surface area (TPSA) is 75.6 Å². The van der Waals surface area contributed by atoms with Gasteiger partial charge in [0.25, 0.3) is 0 Å². The molecule has 174 valence electrons. The highest BCUT2D eigenvalue weighted by molar-refractivity contribution is 5.95. The van der Waals surface area contributed by atoms with Gasteiger partial charge in [-0.3, -0.25) is 4.79 Å². The number of fused-ring (bicyclic) bond motifs is 2. The molecule has 0 N–H and O–H groups in total. The lowest BCUT2D eigenvalue weighted by Crippen LogP contribution is -2.43. The van der Waals surface area contributed by atoms with Crippen molar-refractivity contribution in [1.82, 2.24) is 15.0 Å². The van der Waals surface area contributed by atoms with Crippen molar-refractivity contribution in [3.8, 4) is 11.6 Å². The molecule has 4 aromatic rings. The zero-order valence-electron chi connectivity index (χ0n) is 19.2. The first kappa shape index (κ1) is 21.1. The molecule has 7 nitrogen and oxygen atoms in total. The van der Waals surface area contributed by atoms with Crippen LogP contribution >= 0.6 is 0 Å². The highest BCUT2D eigenvalue weighted by Crippen LogP contribution is 2.32. The summed E-state index contributed by atoms with van der Waals surface area (Å²) < 4.78 is 11.1. The maximum atomic E-state index is 13.3. The second-order valence-electron chi connectivity index (χ2n) is 9.37. The minimum atomic E-state index is 0.0989. The number of nitrogens with zero attached hydrogens (tertiary/aromatic N) is 4. The van der Waals surface area contributed by atoms with E-state index in [4.69, 9.17) is 8.94 Å². The zero-order chi connectivity index (χ0) is 22.9. The summed E-state index contributed by atoms with van der Waals surface area (Å²) >= 11 is 0. The lowest BCUT2D eigenvalue weighted by atomic mass is 9.91. The van der Waals surface area contributed by atoms with Crippen LogP contribution in [0.4, 0.5) is 5.69 Å². The van der Waals surface area contributed by atoms with Crippen LogP contribution in [0.25, 0.3) is 22.4 Å². The summed E-state index contributed by atoms with van der Waals surface area (Å²) in [5.74, 6) is 2.01. The van der Waals surface area contributed by atoms with E-state index in [1.54, 1.807) is 6.26 Å². The van der Waals surface area contributed by atoms with Gasteiger partial charge in [-0.2, -0.15) is 4.98 Å². The number of anilines is 1. The maximum absolute atomic E-state index is 13.3. The van der Waals surface area contributed by atoms with Crippen LogP contribution in [-0.2, 0) is 17.6 Å². The minimum Gasteiger partial charge on any atom is -0.460 e. The van der Waals surface area contributed by atoms with E-state index in [0.717, 1.165) is 36.0 Å². The van der Waals surface area contributed by atoms with Gasteiger partial charge in [0.1, 0.15) is 0 Å². The maximum Gasteiger partial charge on any atom is 0.238 e. The van der Waals surface area contributed by atoms with Crippen LogP contribution in [-0.4, -0.2) is 47.1 Å². The summed E-state index contributed by atoms with van der Waals surface area (Å²) in [6, 6.07) is 16.2. The molecule has 0 aliphatic carbocycles. The molecule has 0 saturated carbocycles. The van der Waals surface area contributed by atoms with Crippen molar-refractivity contribution in [3.05, 3.63) is 66.2 Å². The molecule has 1 amide bonds. The fourth-order valence-corrected chi connectivity index (χ4v) is 5.33. The Morgan fingerprint density at radius 2 is 1.88 bits per heavy atom. The summed E-state index contributed by atoms with van der Waals surface area (Å²) in [6.45, 7) is 4.18. The molecule has 2 aromatic heterocycles. The van der Waals surface area contributed by atoms with Gasteiger partial charge < -0.3 is 18.7 Å². The third-order valence-corrected chi connectivity index (χ3v) is 6.98. The minimum absolute atomic E-state index is 0.0989. The van der Waals surface area contributed by atoms with Crippen molar-refractivity contribution in [2.75, 3.05) is 31.1 Å². The Kier molecular flexibility index (Phi) is 5.63. The van der Waals surface area contributed by atoms with Gasteiger partial charge in [0.2, 0.25) is 17.6 Å². The number of aromatic nitrogens is 2. The summed E-state index contributed by atoms with van der Waals surface area (Å²) in [5.41, 5.74) is 2.30. The third kappa shape index (κ3) is 4.12. The average molecular weight is 457 g/mol. The monoisotopic (exact) mass is 456 g/mol. The molecule has 1 atom stereocenters. The zero-order valence-corrected chi connectivity index (χ0v) is 19.2. The van der Waals surface area contributed by atoms with Crippen LogP contribution in [0.3, 0.4) is 0 Å². The smallest absolute Gasteiger partial charge is 0.238 e. The van der Waals surface area contributed by atoms with Crippen LogP contribution in [0.2, 0.25) is 0 Å². The third-order valence-electron chi connectivity index (χ3n) is 6.98. The molecule has 2 aromatic carbocycles. The quantitative estimate of drug-likeness (QED) is 0.418. The van der Waals surface area contributed by atoms with Gasteiger partial charge in [0, 0.05) is 42.4 Å². The van der Waals surface area contributed by atoms with Crippen LogP contribution < -0.4 is 4.90 Å². The van der Waals surface area contributed by atoms with Gasteiger partial charge in [-0.25, -0.2) is 0 Å². The Morgan fingerprint density at radius 1 is 1.06 bits per heavy atom. The van der Waals surface area contributed by atoms with Crippen molar-refractivity contribution in [1.29, 1.82) is 0 Å². The molecule has 4 heterocycles. The van der Waals surface area contributed by atoms with E-state index in [2.05, 4.69) is 33.2 Å². The molecule has 1 unspecified atom stereocenters. The first-order valence-electron chi connectivity index (χ1n) is 12.1. The molecule has 6 rings (SSSR count). The molecule has 0 radical (unpaired) electrons. The Morgan fingerprint density at radius 3 is 2.79 bits per heavy atom. The number of para-hydroxylation sites is 1. The van der Waals surface area contributed by atoms with E-state index in [9.17, 15) is 4.79 Å². The lowest BCUT2D eigenvalue weighted by molar-refractivity contribution is -0.118. The van der Waals surface area contributed by atoms with Crippen molar-refractivity contribution < 1.29 is 13.7 Å². The normalized spacial score (nSPS) is 18.5. The fraction of sp³-hybridized carbons (Fsp3) is 0.370. The van der Waals surface area contributed by atoms with Gasteiger partial charge in [-0.15, -0.1) is 0 Å². The highest BCUT2D eigenvalue weighted by atomic mass is 16.5. The van der Waals surface area contributed by atoms with Gasteiger partial charge in [0.05, 0.1) is 6.26 Å². The number of furan rings is 1. The average Bonchev–Trinajstić information content (AvgIpc) is 3.63. The van der Waals surface area contributed by atoms with E-state index in [0.29, 0.717) is 36.2 Å². The number of likely N-dealkylation sites (tertiary alicyclic amines) is 1. The molecule has 1 fully saturated rings. The van der Waals surface area contributed by atoms with Gasteiger partial charge >= 0.3 is 0 Å². The molecule has 1 saturated heterocycles. The number of carbonyl (C=O) groups is 1. The van der Waals surface area contributed by atoms with Gasteiger partial charge in [0.15, 0.2) is 5.76 Å². The molecular formula is C27H28N4O3. The summed E-state index contributed by atoms with van der Waals surface area (Å²) in [4.78, 5) is 22.3. The molecule has 2 aliphatic heterocycles.